The van der Waals surface area contributed by atoms with E-state index in [1.807, 2.05) is 13.8 Å². The normalized spacial score (nSPS) is 19.0. The molecule has 0 radical (unpaired) electrons. The summed E-state index contributed by atoms with van der Waals surface area (Å²) in [6.45, 7) is 6.33. The van der Waals surface area contributed by atoms with Crippen molar-refractivity contribution in [2.45, 2.75) is 52.3 Å². The fourth-order valence-corrected chi connectivity index (χ4v) is 2.94. The van der Waals surface area contributed by atoms with E-state index in [1.165, 1.54) is 6.42 Å². The SMILES string of the molecule is Cc1noc(C)c1CN(C)Cc1ccc([C@@H]2CCCCO2)o1. The smallest absolute Gasteiger partial charge is 0.138 e. The van der Waals surface area contributed by atoms with Crippen LogP contribution in [0.3, 0.4) is 0 Å². The lowest BCUT2D eigenvalue weighted by Crippen LogP contribution is -2.17. The maximum Gasteiger partial charge on any atom is 0.138 e. The van der Waals surface area contributed by atoms with Crippen LogP contribution < -0.4 is 0 Å². The molecule has 2 aromatic heterocycles. The van der Waals surface area contributed by atoms with Gasteiger partial charge in [0.05, 0.1) is 12.2 Å². The first-order chi connectivity index (χ1) is 10.6. The van der Waals surface area contributed by atoms with Gasteiger partial charge in [0.15, 0.2) is 0 Å². The Kier molecular flexibility index (Phi) is 4.64. The monoisotopic (exact) mass is 304 g/mol. The molecule has 0 saturated carbocycles. The van der Waals surface area contributed by atoms with Gasteiger partial charge in [0.2, 0.25) is 0 Å². The lowest BCUT2D eigenvalue weighted by molar-refractivity contribution is 0.000906. The molecule has 0 bridgehead atoms. The quantitative estimate of drug-likeness (QED) is 0.842. The molecule has 1 fully saturated rings. The molecule has 1 saturated heterocycles. The van der Waals surface area contributed by atoms with Crippen molar-refractivity contribution in [1.29, 1.82) is 0 Å². The first-order valence-electron chi connectivity index (χ1n) is 7.94. The average molecular weight is 304 g/mol. The summed E-state index contributed by atoms with van der Waals surface area (Å²) in [7, 11) is 2.07. The van der Waals surface area contributed by atoms with Crippen molar-refractivity contribution in [3.8, 4) is 0 Å². The highest BCUT2D eigenvalue weighted by Crippen LogP contribution is 2.29. The Morgan fingerprint density at radius 2 is 2.09 bits per heavy atom. The molecule has 3 rings (SSSR count). The van der Waals surface area contributed by atoms with Crippen molar-refractivity contribution < 1.29 is 13.7 Å². The molecule has 1 atom stereocenters. The van der Waals surface area contributed by atoms with E-state index in [1.54, 1.807) is 0 Å². The molecular weight excluding hydrogens is 280 g/mol. The Morgan fingerprint density at radius 3 is 2.77 bits per heavy atom. The third-order valence-electron chi connectivity index (χ3n) is 4.21. The minimum atomic E-state index is 0.135. The fraction of sp³-hybridized carbons (Fsp3) is 0.588. The van der Waals surface area contributed by atoms with Gasteiger partial charge in [-0.3, -0.25) is 4.90 Å². The van der Waals surface area contributed by atoms with Crippen LogP contribution in [0, 0.1) is 13.8 Å². The summed E-state index contributed by atoms with van der Waals surface area (Å²) in [4.78, 5) is 2.21. The minimum Gasteiger partial charge on any atom is -0.462 e. The van der Waals surface area contributed by atoms with E-state index >= 15 is 0 Å². The third kappa shape index (κ3) is 3.42. The molecule has 5 nitrogen and oxygen atoms in total. The molecule has 1 aliphatic rings. The van der Waals surface area contributed by atoms with Crippen molar-refractivity contribution in [1.82, 2.24) is 10.1 Å². The second-order valence-corrected chi connectivity index (χ2v) is 6.13. The van der Waals surface area contributed by atoms with Gasteiger partial charge in [-0.1, -0.05) is 5.16 Å². The maximum absolute atomic E-state index is 5.97. The third-order valence-corrected chi connectivity index (χ3v) is 4.21. The van der Waals surface area contributed by atoms with E-state index in [-0.39, 0.29) is 6.10 Å². The van der Waals surface area contributed by atoms with E-state index in [0.717, 1.165) is 61.1 Å². The van der Waals surface area contributed by atoms with Crippen LogP contribution in [0.25, 0.3) is 0 Å². The summed E-state index contributed by atoms with van der Waals surface area (Å²) in [6.07, 6.45) is 3.56. The zero-order valence-electron chi connectivity index (χ0n) is 13.6. The van der Waals surface area contributed by atoms with E-state index in [2.05, 4.69) is 29.2 Å². The van der Waals surface area contributed by atoms with Crippen LogP contribution >= 0.6 is 0 Å². The highest BCUT2D eigenvalue weighted by Gasteiger charge is 2.20. The van der Waals surface area contributed by atoms with Crippen LogP contribution in [-0.4, -0.2) is 23.7 Å². The first-order valence-corrected chi connectivity index (χ1v) is 7.94. The van der Waals surface area contributed by atoms with Gasteiger partial charge in [0.25, 0.3) is 0 Å². The minimum absolute atomic E-state index is 0.135. The molecule has 5 heteroatoms. The van der Waals surface area contributed by atoms with Gasteiger partial charge in [0, 0.05) is 18.7 Å². The maximum atomic E-state index is 5.97. The number of aromatic nitrogens is 1. The highest BCUT2D eigenvalue weighted by molar-refractivity contribution is 5.20. The Hall–Kier alpha value is -1.59. The van der Waals surface area contributed by atoms with Crippen LogP contribution in [0.1, 0.15) is 53.9 Å². The van der Waals surface area contributed by atoms with Crippen molar-refractivity contribution in [3.05, 3.63) is 40.7 Å². The summed E-state index contributed by atoms with van der Waals surface area (Å²) in [5, 5.41) is 4.00. The Balaban J connectivity index is 1.60. The topological polar surface area (TPSA) is 51.6 Å². The van der Waals surface area contributed by atoms with Gasteiger partial charge >= 0.3 is 0 Å². The van der Waals surface area contributed by atoms with Gasteiger partial charge in [-0.15, -0.1) is 0 Å². The van der Waals surface area contributed by atoms with E-state index in [4.69, 9.17) is 13.7 Å². The molecule has 0 unspecified atom stereocenters. The van der Waals surface area contributed by atoms with Crippen molar-refractivity contribution >= 4 is 0 Å². The zero-order valence-corrected chi connectivity index (χ0v) is 13.6. The standard InChI is InChI=1S/C17H24N2O3/c1-12-15(13(2)22-18-12)11-19(3)10-14-7-8-17(21-14)16-6-4-5-9-20-16/h7-8,16H,4-6,9-11H2,1-3H3/t16-/m0/s1. The predicted octanol–water partition coefficient (Wildman–Crippen LogP) is 3.76. The van der Waals surface area contributed by atoms with Crippen LogP contribution in [0.4, 0.5) is 0 Å². The molecule has 0 amide bonds. The van der Waals surface area contributed by atoms with Gasteiger partial charge in [0.1, 0.15) is 23.4 Å². The van der Waals surface area contributed by atoms with E-state index in [9.17, 15) is 0 Å². The Bertz CT molecular complexity index is 592. The van der Waals surface area contributed by atoms with Gasteiger partial charge in [-0.2, -0.15) is 0 Å². The Morgan fingerprint density at radius 1 is 1.23 bits per heavy atom. The van der Waals surface area contributed by atoms with Crippen LogP contribution in [-0.2, 0) is 17.8 Å². The molecule has 0 aromatic carbocycles. The molecule has 0 spiro atoms. The van der Waals surface area contributed by atoms with Gasteiger partial charge in [-0.25, -0.2) is 0 Å². The summed E-state index contributed by atoms with van der Waals surface area (Å²) in [6, 6.07) is 4.10. The first kappa shape index (κ1) is 15.3. The molecule has 2 aromatic rings. The van der Waals surface area contributed by atoms with Gasteiger partial charge < -0.3 is 13.7 Å². The second kappa shape index (κ2) is 6.67. The highest BCUT2D eigenvalue weighted by atomic mass is 16.5. The molecule has 0 N–H and O–H groups in total. The van der Waals surface area contributed by atoms with Gasteiger partial charge in [-0.05, 0) is 52.3 Å². The van der Waals surface area contributed by atoms with Crippen molar-refractivity contribution in [3.63, 3.8) is 0 Å². The number of nitrogens with zero attached hydrogens (tertiary/aromatic N) is 2. The Labute approximate surface area is 131 Å². The predicted molar refractivity (Wildman–Crippen MR) is 82.4 cm³/mol. The molecular formula is C17H24N2O3. The second-order valence-electron chi connectivity index (χ2n) is 6.13. The van der Waals surface area contributed by atoms with Crippen LogP contribution in [0.15, 0.2) is 21.1 Å². The largest absolute Gasteiger partial charge is 0.462 e. The number of hydrogen-bond donors (Lipinski definition) is 0. The van der Waals surface area contributed by atoms with Crippen LogP contribution in [0.5, 0.6) is 0 Å². The summed E-state index contributed by atoms with van der Waals surface area (Å²) < 4.78 is 17.0. The van der Waals surface area contributed by atoms with Crippen molar-refractivity contribution in [2.75, 3.05) is 13.7 Å². The number of hydrogen-bond acceptors (Lipinski definition) is 5. The van der Waals surface area contributed by atoms with E-state index in [0.29, 0.717) is 0 Å². The van der Waals surface area contributed by atoms with E-state index < -0.39 is 0 Å². The molecule has 1 aliphatic heterocycles. The average Bonchev–Trinajstić information content (AvgIpc) is 3.10. The summed E-state index contributed by atoms with van der Waals surface area (Å²) >= 11 is 0. The number of rotatable bonds is 5. The fourth-order valence-electron chi connectivity index (χ4n) is 2.94. The molecule has 0 aliphatic carbocycles. The van der Waals surface area contributed by atoms with Crippen LogP contribution in [0.2, 0.25) is 0 Å². The number of aryl methyl sites for hydroxylation is 2. The zero-order chi connectivity index (χ0) is 15.5. The number of furan rings is 1. The molecule has 120 valence electrons. The number of ether oxygens (including phenoxy) is 1. The lowest BCUT2D eigenvalue weighted by atomic mass is 10.1. The van der Waals surface area contributed by atoms with Crippen molar-refractivity contribution in [2.24, 2.45) is 0 Å². The summed E-state index contributed by atoms with van der Waals surface area (Å²) in [5.74, 6) is 2.82. The molecule has 22 heavy (non-hydrogen) atoms. The lowest BCUT2D eigenvalue weighted by Gasteiger charge is -2.20. The summed E-state index contributed by atoms with van der Waals surface area (Å²) in [5.41, 5.74) is 2.12. The molecule has 3 heterocycles.